The molecule has 1 rings (SSSR count). The highest BCUT2D eigenvalue weighted by atomic mass is 32.1. The molecule has 1 aromatic rings. The van der Waals surface area contributed by atoms with Crippen molar-refractivity contribution in [3.63, 3.8) is 0 Å². The number of ether oxygens (including phenoxy) is 1. The molecule has 0 aliphatic carbocycles. The molecule has 0 unspecified atom stereocenters. The van der Waals surface area contributed by atoms with Crippen LogP contribution in [0.5, 0.6) is 0 Å². The molecular formula is C11H14O2S. The Morgan fingerprint density at radius 1 is 1.36 bits per heavy atom. The van der Waals surface area contributed by atoms with Crippen LogP contribution in [0.15, 0.2) is 29.2 Å². The molecule has 0 heterocycles. The number of esters is 1. The maximum Gasteiger partial charge on any atom is 0.338 e. The van der Waals surface area contributed by atoms with Crippen LogP contribution < -0.4 is 0 Å². The summed E-state index contributed by atoms with van der Waals surface area (Å²) in [6, 6.07) is 7.00. The van der Waals surface area contributed by atoms with Crippen molar-refractivity contribution in [2.45, 2.75) is 31.3 Å². The molecule has 0 bridgehead atoms. The standard InChI is InChI=1S/C11H14O2S/c1-11(2,3)13-10(12)8-5-4-6-9(14)7-8/h4-7,14H,1-3H3. The minimum atomic E-state index is -0.455. The lowest BCUT2D eigenvalue weighted by molar-refractivity contribution is 0.00693. The highest BCUT2D eigenvalue weighted by Crippen LogP contribution is 2.14. The fourth-order valence-corrected chi connectivity index (χ4v) is 1.20. The Hall–Kier alpha value is -0.960. The summed E-state index contributed by atoms with van der Waals surface area (Å²) < 4.78 is 5.21. The van der Waals surface area contributed by atoms with Crippen LogP contribution in [0.1, 0.15) is 31.1 Å². The summed E-state index contributed by atoms with van der Waals surface area (Å²) >= 11 is 4.15. The van der Waals surface area contributed by atoms with Crippen LogP contribution in [-0.4, -0.2) is 11.6 Å². The van der Waals surface area contributed by atoms with Crippen LogP contribution in [0.2, 0.25) is 0 Å². The Morgan fingerprint density at radius 2 is 2.00 bits per heavy atom. The van der Waals surface area contributed by atoms with Crippen LogP contribution in [0.3, 0.4) is 0 Å². The van der Waals surface area contributed by atoms with E-state index in [0.29, 0.717) is 5.56 Å². The lowest BCUT2D eigenvalue weighted by Gasteiger charge is -2.19. The predicted octanol–water partition coefficient (Wildman–Crippen LogP) is 2.93. The van der Waals surface area contributed by atoms with E-state index in [1.165, 1.54) is 0 Å². The zero-order chi connectivity index (χ0) is 10.8. The molecule has 0 radical (unpaired) electrons. The van der Waals surface area contributed by atoms with Gasteiger partial charge < -0.3 is 4.74 Å². The molecular weight excluding hydrogens is 196 g/mol. The molecule has 3 heteroatoms. The minimum Gasteiger partial charge on any atom is -0.456 e. The van der Waals surface area contributed by atoms with Crippen LogP contribution in [0.4, 0.5) is 0 Å². The lowest BCUT2D eigenvalue weighted by atomic mass is 10.2. The second kappa shape index (κ2) is 4.05. The van der Waals surface area contributed by atoms with Gasteiger partial charge in [0.05, 0.1) is 5.56 Å². The van der Waals surface area contributed by atoms with Gasteiger partial charge in [0.25, 0.3) is 0 Å². The van der Waals surface area contributed by atoms with Gasteiger partial charge in [0.1, 0.15) is 5.60 Å². The molecule has 0 saturated carbocycles. The van der Waals surface area contributed by atoms with E-state index in [0.717, 1.165) is 4.90 Å². The highest BCUT2D eigenvalue weighted by Gasteiger charge is 2.17. The minimum absolute atomic E-state index is 0.312. The van der Waals surface area contributed by atoms with E-state index in [1.807, 2.05) is 26.8 Å². The molecule has 2 nitrogen and oxygen atoms in total. The normalized spacial score (nSPS) is 11.1. The summed E-state index contributed by atoms with van der Waals surface area (Å²) in [5.74, 6) is -0.312. The lowest BCUT2D eigenvalue weighted by Crippen LogP contribution is -2.23. The van der Waals surface area contributed by atoms with E-state index in [2.05, 4.69) is 12.6 Å². The summed E-state index contributed by atoms with van der Waals surface area (Å²) in [5, 5.41) is 0. The van der Waals surface area contributed by atoms with Crippen molar-refractivity contribution in [3.8, 4) is 0 Å². The molecule has 0 fully saturated rings. The molecule has 0 spiro atoms. The first kappa shape index (κ1) is 11.1. The van der Waals surface area contributed by atoms with Gasteiger partial charge in [-0.1, -0.05) is 6.07 Å². The third kappa shape index (κ3) is 3.42. The summed E-state index contributed by atoms with van der Waals surface area (Å²) in [4.78, 5) is 12.3. The van der Waals surface area contributed by atoms with Crippen molar-refractivity contribution >= 4 is 18.6 Å². The number of thiol groups is 1. The van der Waals surface area contributed by atoms with E-state index >= 15 is 0 Å². The first-order valence-electron chi connectivity index (χ1n) is 4.41. The van der Waals surface area contributed by atoms with Crippen molar-refractivity contribution in [1.29, 1.82) is 0 Å². The van der Waals surface area contributed by atoms with E-state index in [4.69, 9.17) is 4.74 Å². The maximum absolute atomic E-state index is 11.6. The summed E-state index contributed by atoms with van der Waals surface area (Å²) in [7, 11) is 0. The highest BCUT2D eigenvalue weighted by molar-refractivity contribution is 7.80. The van der Waals surface area contributed by atoms with Gasteiger partial charge in [0.2, 0.25) is 0 Å². The molecule has 0 saturated heterocycles. The Morgan fingerprint density at radius 3 is 2.50 bits per heavy atom. The summed E-state index contributed by atoms with van der Waals surface area (Å²) in [5.41, 5.74) is 0.0800. The van der Waals surface area contributed by atoms with Gasteiger partial charge in [-0.25, -0.2) is 4.79 Å². The van der Waals surface area contributed by atoms with E-state index in [1.54, 1.807) is 18.2 Å². The SMILES string of the molecule is CC(C)(C)OC(=O)c1cccc(S)c1. The Kier molecular flexibility index (Phi) is 3.21. The quantitative estimate of drug-likeness (QED) is 0.570. The van der Waals surface area contributed by atoms with Crippen molar-refractivity contribution in [2.24, 2.45) is 0 Å². The maximum atomic E-state index is 11.6. The van der Waals surface area contributed by atoms with Gasteiger partial charge in [-0.2, -0.15) is 0 Å². The zero-order valence-corrected chi connectivity index (χ0v) is 9.47. The van der Waals surface area contributed by atoms with Crippen molar-refractivity contribution in [2.75, 3.05) is 0 Å². The van der Waals surface area contributed by atoms with Crippen molar-refractivity contribution in [3.05, 3.63) is 29.8 Å². The predicted molar refractivity (Wildman–Crippen MR) is 58.9 cm³/mol. The fourth-order valence-electron chi connectivity index (χ4n) is 0.970. The average molecular weight is 210 g/mol. The van der Waals surface area contributed by atoms with E-state index in [-0.39, 0.29) is 5.97 Å². The van der Waals surface area contributed by atoms with Crippen LogP contribution in [0, 0.1) is 0 Å². The molecule has 0 aliphatic rings. The molecule has 0 amide bonds. The smallest absolute Gasteiger partial charge is 0.338 e. The Labute approximate surface area is 89.7 Å². The van der Waals surface area contributed by atoms with Crippen LogP contribution in [-0.2, 0) is 4.74 Å². The second-order valence-corrected chi connectivity index (χ2v) is 4.57. The van der Waals surface area contributed by atoms with E-state index in [9.17, 15) is 4.79 Å². The van der Waals surface area contributed by atoms with Crippen LogP contribution >= 0.6 is 12.6 Å². The first-order chi connectivity index (χ1) is 6.38. The monoisotopic (exact) mass is 210 g/mol. The van der Waals surface area contributed by atoms with Crippen molar-refractivity contribution in [1.82, 2.24) is 0 Å². The largest absolute Gasteiger partial charge is 0.456 e. The molecule has 76 valence electrons. The third-order valence-electron chi connectivity index (χ3n) is 1.48. The molecule has 14 heavy (non-hydrogen) atoms. The molecule has 0 aromatic heterocycles. The molecule has 0 aliphatic heterocycles. The number of hydrogen-bond acceptors (Lipinski definition) is 3. The average Bonchev–Trinajstić information content (AvgIpc) is 2.01. The van der Waals surface area contributed by atoms with Gasteiger partial charge in [-0.15, -0.1) is 12.6 Å². The van der Waals surface area contributed by atoms with Gasteiger partial charge >= 0.3 is 5.97 Å². The Bertz CT molecular complexity index is 339. The number of carbonyl (C=O) groups is 1. The van der Waals surface area contributed by atoms with Gasteiger partial charge in [-0.3, -0.25) is 0 Å². The summed E-state index contributed by atoms with van der Waals surface area (Å²) in [6.45, 7) is 5.53. The first-order valence-corrected chi connectivity index (χ1v) is 4.85. The second-order valence-electron chi connectivity index (χ2n) is 4.05. The number of carbonyl (C=O) groups excluding carboxylic acids is 1. The fraction of sp³-hybridized carbons (Fsp3) is 0.364. The van der Waals surface area contributed by atoms with E-state index < -0.39 is 5.60 Å². The Balaban J connectivity index is 2.80. The van der Waals surface area contributed by atoms with Gasteiger partial charge in [-0.05, 0) is 39.0 Å². The summed E-state index contributed by atoms with van der Waals surface area (Å²) in [6.07, 6.45) is 0. The molecule has 0 N–H and O–H groups in total. The van der Waals surface area contributed by atoms with Crippen molar-refractivity contribution < 1.29 is 9.53 Å². The zero-order valence-electron chi connectivity index (χ0n) is 8.57. The van der Waals surface area contributed by atoms with Gasteiger partial charge in [0.15, 0.2) is 0 Å². The molecule has 0 atom stereocenters. The number of benzene rings is 1. The molecule has 1 aromatic carbocycles. The number of rotatable bonds is 1. The third-order valence-corrected chi connectivity index (χ3v) is 1.76. The van der Waals surface area contributed by atoms with Gasteiger partial charge in [0, 0.05) is 4.90 Å². The number of hydrogen-bond donors (Lipinski definition) is 1. The van der Waals surface area contributed by atoms with Crippen LogP contribution in [0.25, 0.3) is 0 Å². The topological polar surface area (TPSA) is 26.3 Å².